The fourth-order valence-corrected chi connectivity index (χ4v) is 7.54. The Morgan fingerprint density at radius 1 is 0.562 bits per heavy atom. The summed E-state index contributed by atoms with van der Waals surface area (Å²) in [6.45, 7) is 4.56. The molecule has 0 spiro atoms. The summed E-state index contributed by atoms with van der Waals surface area (Å²) in [7, 11) is 1.27. The standard InChI is InChI=1S/C55H97N2O6P/c1-6-8-10-12-14-16-18-20-21-22-23-24-25-26-27-28-29-30-31-32-33-34-35-37-39-41-43-45-47-49-55(59)56-53(52-63-64(60,61)62-51-50-57(3,4)5)54(58)48-46-44-42-40-38-36-19-17-15-13-11-9-7-2/h8,10,14,16,20-21,23-24,26-27,29-30,32-33,35,37,53-54,58H,6-7,9,11-13,15,17-19,22,25,28,31,34,36,38-52H2,1-5H3,(H-,56,59,60,61)/b10-8-,16-14-,21-20-,24-23-,27-26-,30-29-,33-32-,37-35-. The van der Waals surface area contributed by atoms with Crippen molar-refractivity contribution in [1.29, 1.82) is 0 Å². The summed E-state index contributed by atoms with van der Waals surface area (Å²) in [5.74, 6) is -0.194. The number of hydrogen-bond donors (Lipinski definition) is 2. The van der Waals surface area contributed by atoms with Gasteiger partial charge in [0.25, 0.3) is 7.82 Å². The number of carbonyl (C=O) groups excluding carboxylic acids is 1. The average Bonchev–Trinajstić information content (AvgIpc) is 3.25. The number of phosphoric ester groups is 1. The van der Waals surface area contributed by atoms with Crippen LogP contribution in [0.4, 0.5) is 0 Å². The molecule has 0 aliphatic carbocycles. The lowest BCUT2D eigenvalue weighted by Gasteiger charge is -2.30. The number of aliphatic hydroxyl groups is 1. The molecule has 3 atom stereocenters. The maximum Gasteiger partial charge on any atom is 0.268 e. The van der Waals surface area contributed by atoms with E-state index in [2.05, 4.69) is 116 Å². The van der Waals surface area contributed by atoms with Crippen molar-refractivity contribution in [3.63, 3.8) is 0 Å². The Morgan fingerprint density at radius 3 is 1.39 bits per heavy atom. The Kier molecular flexibility index (Phi) is 43.7. The zero-order chi connectivity index (χ0) is 47.1. The van der Waals surface area contributed by atoms with Crippen LogP contribution >= 0.6 is 7.82 Å². The van der Waals surface area contributed by atoms with E-state index in [-0.39, 0.29) is 19.1 Å². The summed E-state index contributed by atoms with van der Waals surface area (Å²) in [5, 5.41) is 13.9. The third kappa shape index (κ3) is 47.4. The normalized spacial score (nSPS) is 14.9. The number of likely N-dealkylation sites (N-methyl/N-ethyl adjacent to an activating group) is 1. The van der Waals surface area contributed by atoms with Crippen LogP contribution in [0, 0.1) is 0 Å². The lowest BCUT2D eigenvalue weighted by molar-refractivity contribution is -0.870. The average molecular weight is 913 g/mol. The molecule has 1 amide bonds. The number of rotatable bonds is 45. The summed E-state index contributed by atoms with van der Waals surface area (Å²) >= 11 is 0. The highest BCUT2D eigenvalue weighted by Crippen LogP contribution is 2.38. The fraction of sp³-hybridized carbons (Fsp3) is 0.691. The number of aliphatic hydroxyl groups excluding tert-OH is 1. The zero-order valence-electron chi connectivity index (χ0n) is 41.7. The van der Waals surface area contributed by atoms with E-state index < -0.39 is 20.0 Å². The van der Waals surface area contributed by atoms with E-state index in [4.69, 9.17) is 9.05 Å². The van der Waals surface area contributed by atoms with Gasteiger partial charge in [-0.25, -0.2) is 0 Å². The summed E-state index contributed by atoms with van der Waals surface area (Å²) in [5.41, 5.74) is 0. The van der Waals surface area contributed by atoms with E-state index >= 15 is 0 Å². The first-order chi connectivity index (χ1) is 31.0. The maximum atomic E-state index is 12.9. The molecule has 0 radical (unpaired) electrons. The van der Waals surface area contributed by atoms with E-state index in [1.54, 1.807) is 0 Å². The first-order valence-corrected chi connectivity index (χ1v) is 27.0. The molecular formula is C55H97N2O6P. The smallest absolute Gasteiger partial charge is 0.268 e. The number of nitrogens with zero attached hydrogens (tertiary/aromatic N) is 1. The largest absolute Gasteiger partial charge is 0.756 e. The minimum absolute atomic E-state index is 0.00137. The van der Waals surface area contributed by atoms with Gasteiger partial charge in [0.15, 0.2) is 0 Å². The van der Waals surface area contributed by atoms with Gasteiger partial charge in [0, 0.05) is 6.42 Å². The molecule has 0 fully saturated rings. The fourth-order valence-electron chi connectivity index (χ4n) is 6.82. The van der Waals surface area contributed by atoms with Crippen LogP contribution in [0.3, 0.4) is 0 Å². The van der Waals surface area contributed by atoms with Gasteiger partial charge in [0.1, 0.15) is 13.2 Å². The van der Waals surface area contributed by atoms with Gasteiger partial charge < -0.3 is 28.8 Å². The first-order valence-electron chi connectivity index (χ1n) is 25.6. The molecule has 0 rings (SSSR count). The summed E-state index contributed by atoms with van der Waals surface area (Å²) < 4.78 is 23.3. The number of amides is 1. The molecule has 0 bridgehead atoms. The van der Waals surface area contributed by atoms with Gasteiger partial charge in [-0.2, -0.15) is 0 Å². The van der Waals surface area contributed by atoms with Crippen LogP contribution in [0.5, 0.6) is 0 Å². The van der Waals surface area contributed by atoms with Crippen molar-refractivity contribution in [2.45, 2.75) is 206 Å². The topological polar surface area (TPSA) is 108 Å². The van der Waals surface area contributed by atoms with Gasteiger partial charge >= 0.3 is 0 Å². The first kappa shape index (κ1) is 61.4. The molecule has 3 unspecified atom stereocenters. The van der Waals surface area contributed by atoms with Crippen molar-refractivity contribution in [3.8, 4) is 0 Å². The lowest BCUT2D eigenvalue weighted by atomic mass is 10.0. The lowest BCUT2D eigenvalue weighted by Crippen LogP contribution is -2.46. The molecule has 0 saturated carbocycles. The van der Waals surface area contributed by atoms with Crippen molar-refractivity contribution in [1.82, 2.24) is 5.32 Å². The molecule has 368 valence electrons. The van der Waals surface area contributed by atoms with Crippen LogP contribution < -0.4 is 10.2 Å². The second kappa shape index (κ2) is 45.6. The monoisotopic (exact) mass is 913 g/mol. The molecule has 64 heavy (non-hydrogen) atoms. The maximum absolute atomic E-state index is 12.9. The highest BCUT2D eigenvalue weighted by atomic mass is 31.2. The molecule has 0 aromatic carbocycles. The van der Waals surface area contributed by atoms with Gasteiger partial charge in [0.2, 0.25) is 5.91 Å². The second-order valence-corrected chi connectivity index (χ2v) is 19.6. The summed E-state index contributed by atoms with van der Waals surface area (Å²) in [6, 6.07) is -0.820. The zero-order valence-corrected chi connectivity index (χ0v) is 42.6. The predicted octanol–water partition coefficient (Wildman–Crippen LogP) is 14.5. The van der Waals surface area contributed by atoms with E-state index in [9.17, 15) is 19.4 Å². The third-order valence-corrected chi connectivity index (χ3v) is 11.8. The van der Waals surface area contributed by atoms with Gasteiger partial charge in [-0.05, 0) is 77.0 Å². The van der Waals surface area contributed by atoms with Crippen molar-refractivity contribution in [2.75, 3.05) is 40.9 Å². The molecule has 0 heterocycles. The minimum atomic E-state index is -4.58. The van der Waals surface area contributed by atoms with Gasteiger partial charge in [-0.1, -0.05) is 207 Å². The SMILES string of the molecule is CC/C=C\C/C=C\C/C=C\C/C=C\C/C=C\C/C=C\C/C=C\C/C=C\CCCCCCC(=O)NC(COP(=O)([O-])OCC[N+](C)(C)C)C(O)CCCCCCCCCCCCCCC. The summed E-state index contributed by atoms with van der Waals surface area (Å²) in [6.07, 6.45) is 64.2. The Balaban J connectivity index is 4.30. The van der Waals surface area contributed by atoms with E-state index in [0.29, 0.717) is 23.9 Å². The predicted molar refractivity (Wildman–Crippen MR) is 274 cm³/mol. The molecule has 0 saturated heterocycles. The quantitative estimate of drug-likeness (QED) is 0.0273. The molecule has 0 aromatic heterocycles. The van der Waals surface area contributed by atoms with Crippen LogP contribution in [0.25, 0.3) is 0 Å². The van der Waals surface area contributed by atoms with Crippen molar-refractivity contribution < 1.29 is 32.9 Å². The van der Waals surface area contributed by atoms with E-state index in [0.717, 1.165) is 103 Å². The van der Waals surface area contributed by atoms with Crippen LogP contribution in [0.1, 0.15) is 194 Å². The van der Waals surface area contributed by atoms with Gasteiger partial charge in [-0.3, -0.25) is 9.36 Å². The molecular weight excluding hydrogens is 816 g/mol. The molecule has 2 N–H and O–H groups in total. The Hall–Kier alpha value is -2.58. The molecule has 9 heteroatoms. The van der Waals surface area contributed by atoms with Crippen LogP contribution in [0.2, 0.25) is 0 Å². The van der Waals surface area contributed by atoms with E-state index in [1.807, 2.05) is 21.1 Å². The van der Waals surface area contributed by atoms with E-state index in [1.165, 1.54) is 64.2 Å². The Morgan fingerprint density at radius 2 is 0.953 bits per heavy atom. The third-order valence-electron chi connectivity index (χ3n) is 10.8. The van der Waals surface area contributed by atoms with Crippen molar-refractivity contribution in [3.05, 3.63) is 97.2 Å². The number of nitrogens with one attached hydrogen (secondary N) is 1. The number of carbonyl (C=O) groups is 1. The molecule has 0 aliphatic rings. The summed E-state index contributed by atoms with van der Waals surface area (Å²) in [4.78, 5) is 25.4. The van der Waals surface area contributed by atoms with Crippen LogP contribution in [0.15, 0.2) is 97.2 Å². The molecule has 0 aliphatic heterocycles. The Bertz CT molecular complexity index is 1360. The number of quaternary nitrogens is 1. The number of hydrogen-bond acceptors (Lipinski definition) is 6. The van der Waals surface area contributed by atoms with Gasteiger partial charge in [-0.15, -0.1) is 0 Å². The number of allylic oxidation sites excluding steroid dienone is 16. The minimum Gasteiger partial charge on any atom is -0.756 e. The highest BCUT2D eigenvalue weighted by Gasteiger charge is 2.24. The molecule has 0 aromatic rings. The second-order valence-electron chi connectivity index (χ2n) is 18.1. The van der Waals surface area contributed by atoms with Crippen molar-refractivity contribution >= 4 is 13.7 Å². The van der Waals surface area contributed by atoms with Crippen LogP contribution in [-0.4, -0.2) is 68.5 Å². The highest BCUT2D eigenvalue weighted by molar-refractivity contribution is 7.45. The van der Waals surface area contributed by atoms with Crippen LogP contribution in [-0.2, 0) is 18.4 Å². The Labute approximate surface area is 394 Å². The number of unbranched alkanes of at least 4 members (excludes halogenated alkanes) is 16. The number of phosphoric acid groups is 1. The van der Waals surface area contributed by atoms with Crippen molar-refractivity contribution in [2.24, 2.45) is 0 Å². The van der Waals surface area contributed by atoms with Gasteiger partial charge in [0.05, 0.1) is 39.9 Å². The molecule has 8 nitrogen and oxygen atoms in total.